The van der Waals surface area contributed by atoms with Crippen molar-refractivity contribution < 1.29 is 24.5 Å². The summed E-state index contributed by atoms with van der Waals surface area (Å²) < 4.78 is 4.89. The van der Waals surface area contributed by atoms with E-state index in [2.05, 4.69) is 10.3 Å². The summed E-state index contributed by atoms with van der Waals surface area (Å²) >= 11 is 0. The zero-order chi connectivity index (χ0) is 14.7. The molecule has 1 aromatic rings. The van der Waals surface area contributed by atoms with Crippen LogP contribution in [0.2, 0.25) is 0 Å². The summed E-state index contributed by atoms with van der Waals surface area (Å²) in [7, 11) is 1.48. The third-order valence-electron chi connectivity index (χ3n) is 3.02. The van der Waals surface area contributed by atoms with Crippen LogP contribution in [-0.4, -0.2) is 57.9 Å². The van der Waals surface area contributed by atoms with E-state index in [9.17, 15) is 14.7 Å². The van der Waals surface area contributed by atoms with Gasteiger partial charge in [0, 0.05) is 19.0 Å². The molecule has 0 unspecified atom stereocenters. The Morgan fingerprint density at radius 3 is 2.80 bits per heavy atom. The second kappa shape index (κ2) is 5.74. The molecule has 0 aromatic carbocycles. The van der Waals surface area contributed by atoms with Crippen LogP contribution in [0.1, 0.15) is 6.42 Å². The number of urea groups is 1. The zero-order valence-corrected chi connectivity index (χ0v) is 10.8. The number of hydrogen-bond acceptors (Lipinski definition) is 5. The Bertz CT molecular complexity index is 504. The van der Waals surface area contributed by atoms with Crippen molar-refractivity contribution in [2.45, 2.75) is 18.6 Å². The number of carbonyl (C=O) groups excluding carboxylic acids is 1. The van der Waals surface area contributed by atoms with Crippen LogP contribution < -0.4 is 10.1 Å². The van der Waals surface area contributed by atoms with Crippen molar-refractivity contribution in [1.82, 2.24) is 9.88 Å². The maximum absolute atomic E-state index is 12.0. The Morgan fingerprint density at radius 1 is 1.50 bits per heavy atom. The molecule has 1 aliphatic rings. The maximum atomic E-state index is 12.0. The van der Waals surface area contributed by atoms with Gasteiger partial charge in [0.05, 0.1) is 25.1 Å². The molecule has 108 valence electrons. The van der Waals surface area contributed by atoms with E-state index < -0.39 is 24.1 Å². The summed E-state index contributed by atoms with van der Waals surface area (Å²) in [5, 5.41) is 21.0. The number of nitrogens with one attached hydrogen (secondary N) is 1. The molecule has 2 atom stereocenters. The number of amides is 2. The fourth-order valence-corrected chi connectivity index (χ4v) is 2.04. The molecule has 1 saturated heterocycles. The summed E-state index contributed by atoms with van der Waals surface area (Å²) in [6, 6.07) is 1.56. The molecule has 8 heteroatoms. The number of rotatable bonds is 3. The molecule has 8 nitrogen and oxygen atoms in total. The molecule has 0 aliphatic carbocycles. The van der Waals surface area contributed by atoms with Gasteiger partial charge in [-0.25, -0.2) is 14.6 Å². The molecule has 3 N–H and O–H groups in total. The van der Waals surface area contributed by atoms with Crippen LogP contribution in [0.5, 0.6) is 5.88 Å². The number of carboxylic acid groups (broad SMARTS) is 1. The van der Waals surface area contributed by atoms with Crippen LogP contribution >= 0.6 is 0 Å². The summed E-state index contributed by atoms with van der Waals surface area (Å²) in [5.74, 6) is -0.729. The lowest BCUT2D eigenvalue weighted by molar-refractivity contribution is -0.141. The number of carbonyl (C=O) groups is 2. The highest BCUT2D eigenvalue weighted by atomic mass is 16.5. The molecule has 20 heavy (non-hydrogen) atoms. The number of β-amino-alcohol motifs (C(OH)–C–C–N with tert-alkyl or cyclic N) is 1. The normalized spacial score (nSPS) is 21.6. The molecule has 2 amide bonds. The van der Waals surface area contributed by atoms with Crippen LogP contribution in [0.4, 0.5) is 10.5 Å². The Kier molecular flexibility index (Phi) is 4.04. The number of hydrogen-bond donors (Lipinski definition) is 3. The lowest BCUT2D eigenvalue weighted by Gasteiger charge is -2.21. The van der Waals surface area contributed by atoms with Gasteiger partial charge >= 0.3 is 12.0 Å². The van der Waals surface area contributed by atoms with Gasteiger partial charge in [0.25, 0.3) is 0 Å². The van der Waals surface area contributed by atoms with Crippen molar-refractivity contribution in [1.29, 1.82) is 0 Å². The van der Waals surface area contributed by atoms with Crippen LogP contribution in [0.25, 0.3) is 0 Å². The van der Waals surface area contributed by atoms with Gasteiger partial charge in [0.1, 0.15) is 6.04 Å². The highest BCUT2D eigenvalue weighted by Gasteiger charge is 2.38. The van der Waals surface area contributed by atoms with E-state index in [0.29, 0.717) is 11.6 Å². The SMILES string of the molecule is COc1ccc(NC(=O)N2C[C@H](O)C[C@H]2C(=O)O)cn1. The Balaban J connectivity index is 2.04. The third kappa shape index (κ3) is 2.97. The van der Waals surface area contributed by atoms with Crippen molar-refractivity contribution in [3.05, 3.63) is 18.3 Å². The molecule has 1 aromatic heterocycles. The predicted molar refractivity (Wildman–Crippen MR) is 68.6 cm³/mol. The molecule has 1 aliphatic heterocycles. The number of pyridine rings is 1. The Hall–Kier alpha value is -2.35. The van der Waals surface area contributed by atoms with E-state index in [1.807, 2.05) is 0 Å². The lowest BCUT2D eigenvalue weighted by atomic mass is 10.2. The van der Waals surface area contributed by atoms with E-state index in [1.165, 1.54) is 13.3 Å². The number of aliphatic hydroxyl groups is 1. The highest BCUT2D eigenvalue weighted by Crippen LogP contribution is 2.20. The summed E-state index contributed by atoms with van der Waals surface area (Å²) in [6.45, 7) is -0.00756. The van der Waals surface area contributed by atoms with Crippen molar-refractivity contribution in [2.24, 2.45) is 0 Å². The predicted octanol–water partition coefficient (Wildman–Crippen LogP) is 0.142. The topological polar surface area (TPSA) is 112 Å². The first-order chi connectivity index (χ1) is 9.51. The summed E-state index contributed by atoms with van der Waals surface area (Å²) in [6.07, 6.45) is 0.610. The van der Waals surface area contributed by atoms with Crippen molar-refractivity contribution in [2.75, 3.05) is 19.0 Å². The van der Waals surface area contributed by atoms with Gasteiger partial charge in [0.15, 0.2) is 0 Å². The quantitative estimate of drug-likeness (QED) is 0.726. The van der Waals surface area contributed by atoms with Gasteiger partial charge < -0.3 is 25.2 Å². The maximum Gasteiger partial charge on any atom is 0.326 e. The highest BCUT2D eigenvalue weighted by molar-refractivity contribution is 5.92. The van der Waals surface area contributed by atoms with Crippen LogP contribution in [0.3, 0.4) is 0 Å². The average Bonchev–Trinajstić information content (AvgIpc) is 2.82. The first kappa shape index (κ1) is 14.1. The minimum absolute atomic E-state index is 0.00756. The number of aliphatic carboxylic acids is 1. The standard InChI is InChI=1S/C12H15N3O5/c1-20-10-3-2-7(5-13-10)14-12(19)15-6-8(16)4-9(15)11(17)18/h2-3,5,8-9,16H,4,6H2,1H3,(H,14,19)(H,17,18)/t8-,9+/m1/s1. The fourth-order valence-electron chi connectivity index (χ4n) is 2.04. The molecule has 2 rings (SSSR count). The van der Waals surface area contributed by atoms with Crippen LogP contribution in [-0.2, 0) is 4.79 Å². The Labute approximate surface area is 115 Å². The third-order valence-corrected chi connectivity index (χ3v) is 3.02. The smallest absolute Gasteiger partial charge is 0.326 e. The largest absolute Gasteiger partial charge is 0.481 e. The number of nitrogens with zero attached hydrogens (tertiary/aromatic N) is 2. The Morgan fingerprint density at radius 2 is 2.25 bits per heavy atom. The molecule has 0 bridgehead atoms. The van der Waals surface area contributed by atoms with E-state index in [4.69, 9.17) is 9.84 Å². The fraction of sp³-hybridized carbons (Fsp3) is 0.417. The number of ether oxygens (including phenoxy) is 1. The average molecular weight is 281 g/mol. The van der Waals surface area contributed by atoms with Crippen LogP contribution in [0, 0.1) is 0 Å². The number of aliphatic hydroxyl groups excluding tert-OH is 1. The number of carboxylic acids is 1. The summed E-state index contributed by atoms with van der Waals surface area (Å²) in [4.78, 5) is 28.1. The van der Waals surface area contributed by atoms with Gasteiger partial charge in [0.2, 0.25) is 5.88 Å². The summed E-state index contributed by atoms with van der Waals surface area (Å²) in [5.41, 5.74) is 0.418. The number of likely N-dealkylation sites (tertiary alicyclic amines) is 1. The molecule has 1 fully saturated rings. The van der Waals surface area contributed by atoms with E-state index in [1.54, 1.807) is 12.1 Å². The molecular formula is C12H15N3O5. The number of aromatic nitrogens is 1. The van der Waals surface area contributed by atoms with E-state index in [-0.39, 0.29) is 13.0 Å². The first-order valence-electron chi connectivity index (χ1n) is 6.00. The van der Waals surface area contributed by atoms with Crippen molar-refractivity contribution >= 4 is 17.7 Å². The number of anilines is 1. The lowest BCUT2D eigenvalue weighted by Crippen LogP contribution is -2.43. The van der Waals surface area contributed by atoms with Gasteiger partial charge in [-0.3, -0.25) is 0 Å². The molecule has 2 heterocycles. The second-order valence-electron chi connectivity index (χ2n) is 4.42. The van der Waals surface area contributed by atoms with E-state index >= 15 is 0 Å². The molecular weight excluding hydrogens is 266 g/mol. The monoisotopic (exact) mass is 281 g/mol. The van der Waals surface area contributed by atoms with E-state index in [0.717, 1.165) is 4.90 Å². The molecule has 0 spiro atoms. The second-order valence-corrected chi connectivity index (χ2v) is 4.42. The van der Waals surface area contributed by atoms with Gasteiger partial charge in [-0.1, -0.05) is 0 Å². The van der Waals surface area contributed by atoms with Gasteiger partial charge in [-0.2, -0.15) is 0 Å². The molecule has 0 radical (unpaired) electrons. The van der Waals surface area contributed by atoms with Gasteiger partial charge in [-0.05, 0) is 6.07 Å². The van der Waals surface area contributed by atoms with Gasteiger partial charge in [-0.15, -0.1) is 0 Å². The minimum Gasteiger partial charge on any atom is -0.481 e. The van der Waals surface area contributed by atoms with Crippen molar-refractivity contribution in [3.8, 4) is 5.88 Å². The first-order valence-corrected chi connectivity index (χ1v) is 6.00. The zero-order valence-electron chi connectivity index (χ0n) is 10.8. The minimum atomic E-state index is -1.13. The van der Waals surface area contributed by atoms with Crippen molar-refractivity contribution in [3.63, 3.8) is 0 Å². The molecule has 0 saturated carbocycles. The van der Waals surface area contributed by atoms with Crippen LogP contribution in [0.15, 0.2) is 18.3 Å². The number of methoxy groups -OCH3 is 1.